The second kappa shape index (κ2) is 9.95. The van der Waals surface area contributed by atoms with Crippen LogP contribution in [0.4, 0.5) is 0 Å². The molecule has 2 fully saturated rings. The number of nitrogens with zero attached hydrogens (tertiary/aromatic N) is 2. The minimum Gasteiger partial charge on any atom is -0.344 e. The van der Waals surface area contributed by atoms with Crippen LogP contribution in [-0.4, -0.2) is 48.5 Å². The lowest BCUT2D eigenvalue weighted by molar-refractivity contribution is -0.133. The molecule has 1 aromatic carbocycles. The van der Waals surface area contributed by atoms with Gasteiger partial charge in [-0.25, -0.2) is 13.4 Å². The first kappa shape index (κ1) is 23.9. The van der Waals surface area contributed by atoms with Crippen molar-refractivity contribution in [3.05, 3.63) is 35.4 Å². The van der Waals surface area contributed by atoms with Gasteiger partial charge in [0.1, 0.15) is 5.71 Å². The number of hydrogen-bond donors (Lipinski definition) is 1. The van der Waals surface area contributed by atoms with Crippen molar-refractivity contribution in [2.75, 3.05) is 11.5 Å². The van der Waals surface area contributed by atoms with E-state index in [1.165, 1.54) is 42.7 Å². The van der Waals surface area contributed by atoms with Crippen molar-refractivity contribution in [3.8, 4) is 0 Å². The summed E-state index contributed by atoms with van der Waals surface area (Å²) in [4.78, 5) is 25.5. The van der Waals surface area contributed by atoms with Crippen LogP contribution in [0, 0.1) is 5.92 Å². The summed E-state index contributed by atoms with van der Waals surface area (Å²) < 4.78 is 23.7. The zero-order chi connectivity index (χ0) is 23.6. The fourth-order valence-corrected chi connectivity index (χ4v) is 6.95. The molecule has 3 aliphatic rings. The molecule has 8 heteroatoms. The molecule has 0 radical (unpaired) electrons. The van der Waals surface area contributed by atoms with Crippen LogP contribution in [0.25, 0.3) is 0 Å². The van der Waals surface area contributed by atoms with E-state index in [2.05, 4.69) is 48.5 Å². The highest BCUT2D eigenvalue weighted by molar-refractivity contribution is 7.91. The van der Waals surface area contributed by atoms with Crippen LogP contribution in [0.2, 0.25) is 0 Å². The summed E-state index contributed by atoms with van der Waals surface area (Å²) in [5.41, 5.74) is 2.73. The van der Waals surface area contributed by atoms with E-state index in [9.17, 15) is 18.0 Å². The molecule has 0 aromatic heterocycles. The van der Waals surface area contributed by atoms with Gasteiger partial charge in [-0.05, 0) is 42.2 Å². The number of carbonyl (C=O) groups is 2. The predicted octanol–water partition coefficient (Wildman–Crippen LogP) is 3.71. The average molecular weight is 474 g/mol. The second-order valence-corrected chi connectivity index (χ2v) is 12.3. The molecule has 1 saturated heterocycles. The summed E-state index contributed by atoms with van der Waals surface area (Å²) in [5, 5.41) is 8.68. The van der Waals surface area contributed by atoms with Crippen LogP contribution < -0.4 is 5.32 Å². The fraction of sp³-hybridized carbons (Fsp3) is 0.640. The summed E-state index contributed by atoms with van der Waals surface area (Å²) >= 11 is 0. The van der Waals surface area contributed by atoms with Crippen LogP contribution >= 0.6 is 0 Å². The Balaban J connectivity index is 1.46. The van der Waals surface area contributed by atoms with Crippen LogP contribution in [0.1, 0.15) is 88.3 Å². The highest BCUT2D eigenvalue weighted by atomic mass is 32.2. The van der Waals surface area contributed by atoms with Crippen molar-refractivity contribution in [2.24, 2.45) is 11.0 Å². The molecule has 4 rings (SSSR count). The first-order valence-electron chi connectivity index (χ1n) is 12.2. The number of benzene rings is 1. The maximum absolute atomic E-state index is 13.1. The lowest BCUT2D eigenvalue weighted by atomic mass is 9.83. The monoisotopic (exact) mass is 473 g/mol. The Hall–Kier alpha value is -2.22. The largest absolute Gasteiger partial charge is 0.344 e. The zero-order valence-corrected chi connectivity index (χ0v) is 20.4. The van der Waals surface area contributed by atoms with Gasteiger partial charge in [0.05, 0.1) is 23.6 Å². The number of sulfone groups is 1. The smallest absolute Gasteiger partial charge is 0.267 e. The Morgan fingerprint density at radius 3 is 2.36 bits per heavy atom. The average Bonchev–Trinajstić information content (AvgIpc) is 3.17. The third kappa shape index (κ3) is 5.65. The molecular formula is C25H35N3O4S. The topological polar surface area (TPSA) is 95.9 Å². The summed E-state index contributed by atoms with van der Waals surface area (Å²) in [6.45, 7) is 4.14. The van der Waals surface area contributed by atoms with Gasteiger partial charge in [-0.1, -0.05) is 57.4 Å². The number of hydrogen-bond acceptors (Lipinski definition) is 5. The molecule has 2 amide bonds. The van der Waals surface area contributed by atoms with E-state index in [0.717, 1.165) is 5.56 Å². The quantitative estimate of drug-likeness (QED) is 0.681. The first-order valence-corrected chi connectivity index (χ1v) is 14.1. The van der Waals surface area contributed by atoms with E-state index in [4.69, 9.17) is 0 Å². The molecule has 0 spiro atoms. The number of carbonyl (C=O) groups excluding carboxylic acids is 2. The van der Waals surface area contributed by atoms with Crippen molar-refractivity contribution in [3.63, 3.8) is 0 Å². The number of rotatable bonds is 6. The van der Waals surface area contributed by atoms with Gasteiger partial charge in [0.25, 0.3) is 5.91 Å². The first-order chi connectivity index (χ1) is 15.7. The van der Waals surface area contributed by atoms with Gasteiger partial charge in [0.2, 0.25) is 5.91 Å². The van der Waals surface area contributed by atoms with Crippen molar-refractivity contribution in [1.29, 1.82) is 0 Å². The zero-order valence-electron chi connectivity index (χ0n) is 19.6. The van der Waals surface area contributed by atoms with Crippen LogP contribution in [0.5, 0.6) is 0 Å². The molecule has 1 aromatic rings. The summed E-state index contributed by atoms with van der Waals surface area (Å²) in [6, 6.07) is 8.00. The normalized spacial score (nSPS) is 24.6. The molecule has 1 saturated carbocycles. The highest BCUT2D eigenvalue weighted by Gasteiger charge is 2.37. The molecule has 1 aliphatic carbocycles. The molecule has 7 nitrogen and oxygen atoms in total. The van der Waals surface area contributed by atoms with E-state index < -0.39 is 15.9 Å². The lowest BCUT2D eigenvalue weighted by Crippen LogP contribution is -2.45. The summed E-state index contributed by atoms with van der Waals surface area (Å²) in [6.07, 6.45) is 7.24. The lowest BCUT2D eigenvalue weighted by Gasteiger charge is -2.29. The van der Waals surface area contributed by atoms with E-state index in [-0.39, 0.29) is 48.1 Å². The Morgan fingerprint density at radius 2 is 1.76 bits per heavy atom. The van der Waals surface area contributed by atoms with Crippen LogP contribution in [0.3, 0.4) is 0 Å². The molecule has 2 atom stereocenters. The molecule has 2 aliphatic heterocycles. The fourth-order valence-electron chi connectivity index (χ4n) is 5.26. The minimum atomic E-state index is -3.15. The molecular weight excluding hydrogens is 438 g/mol. The van der Waals surface area contributed by atoms with E-state index in [0.29, 0.717) is 18.1 Å². The Labute approximate surface area is 196 Å². The molecule has 0 bridgehead atoms. The Bertz CT molecular complexity index is 1010. The molecule has 2 heterocycles. The molecule has 1 N–H and O–H groups in total. The number of amides is 2. The van der Waals surface area contributed by atoms with Crippen molar-refractivity contribution in [2.45, 2.75) is 83.2 Å². The molecule has 180 valence electrons. The maximum Gasteiger partial charge on any atom is 0.267 e. The molecule has 33 heavy (non-hydrogen) atoms. The number of nitrogens with one attached hydrogen (secondary N) is 1. The van der Waals surface area contributed by atoms with Gasteiger partial charge in [-0.3, -0.25) is 9.59 Å². The second-order valence-electron chi connectivity index (χ2n) is 10.0. The SMILES string of the molecule is CC(C)C(NC(=O)C1=NN(C2CCS(=O)(=O)C2)C(=O)CC1)c1ccc(C2CCCCC2)cc1. The number of hydrazone groups is 1. The third-order valence-corrected chi connectivity index (χ3v) is 8.95. The van der Waals surface area contributed by atoms with Gasteiger partial charge >= 0.3 is 0 Å². The van der Waals surface area contributed by atoms with E-state index in [1.54, 1.807) is 0 Å². The summed E-state index contributed by atoms with van der Waals surface area (Å²) in [5.74, 6) is 0.288. The van der Waals surface area contributed by atoms with Crippen molar-refractivity contribution in [1.82, 2.24) is 10.3 Å². The van der Waals surface area contributed by atoms with Gasteiger partial charge in [-0.2, -0.15) is 5.10 Å². The van der Waals surface area contributed by atoms with Gasteiger partial charge in [-0.15, -0.1) is 0 Å². The highest BCUT2D eigenvalue weighted by Crippen LogP contribution is 2.33. The van der Waals surface area contributed by atoms with E-state index in [1.807, 2.05) is 0 Å². The predicted molar refractivity (Wildman–Crippen MR) is 129 cm³/mol. The third-order valence-electron chi connectivity index (χ3n) is 7.20. The van der Waals surface area contributed by atoms with Crippen LogP contribution in [-0.2, 0) is 19.4 Å². The molecule has 2 unspecified atom stereocenters. The van der Waals surface area contributed by atoms with Gasteiger partial charge in [0, 0.05) is 12.8 Å². The van der Waals surface area contributed by atoms with E-state index >= 15 is 0 Å². The van der Waals surface area contributed by atoms with Gasteiger partial charge < -0.3 is 5.32 Å². The van der Waals surface area contributed by atoms with Crippen molar-refractivity contribution < 1.29 is 18.0 Å². The summed E-state index contributed by atoms with van der Waals surface area (Å²) in [7, 11) is -3.15. The Kier molecular flexibility index (Phi) is 7.22. The Morgan fingerprint density at radius 1 is 1.06 bits per heavy atom. The van der Waals surface area contributed by atoms with Crippen molar-refractivity contribution >= 4 is 27.4 Å². The maximum atomic E-state index is 13.1. The van der Waals surface area contributed by atoms with Gasteiger partial charge in [0.15, 0.2) is 9.84 Å². The minimum absolute atomic E-state index is 0.0603. The van der Waals surface area contributed by atoms with Crippen LogP contribution in [0.15, 0.2) is 29.4 Å². The standard InChI is InChI=1S/C25H35N3O4S/c1-17(2)24(20-10-8-19(9-11-20)18-6-4-3-5-7-18)26-25(30)22-12-13-23(29)28(27-22)21-14-15-33(31,32)16-21/h8-11,17-18,21,24H,3-7,12-16H2,1-2H3,(H,26,30).